The van der Waals surface area contributed by atoms with E-state index >= 15 is 0 Å². The van der Waals surface area contributed by atoms with Crippen LogP contribution in [0.4, 0.5) is 0 Å². The summed E-state index contributed by atoms with van der Waals surface area (Å²) in [6.07, 6.45) is 3.58. The molecule has 0 aromatic rings. The van der Waals surface area contributed by atoms with Gasteiger partial charge in [0, 0.05) is 19.0 Å². The van der Waals surface area contributed by atoms with Crippen molar-refractivity contribution in [2.24, 2.45) is 0 Å². The predicted molar refractivity (Wildman–Crippen MR) is 51.9 cm³/mol. The Bertz CT molecular complexity index is 158. The minimum absolute atomic E-state index is 0.0806. The topological polar surface area (TPSA) is 38.3 Å². The number of carbonyl (C=O) groups is 1. The summed E-state index contributed by atoms with van der Waals surface area (Å²) >= 11 is 5.48. The Morgan fingerprint density at radius 3 is 3.08 bits per heavy atom. The van der Waals surface area contributed by atoms with Crippen molar-refractivity contribution in [1.82, 2.24) is 5.32 Å². The third-order valence-corrected chi connectivity index (χ3v) is 2.34. The van der Waals surface area contributed by atoms with Crippen molar-refractivity contribution in [2.45, 2.75) is 31.8 Å². The van der Waals surface area contributed by atoms with Gasteiger partial charge in [0.05, 0.1) is 12.5 Å². The van der Waals surface area contributed by atoms with Crippen LogP contribution in [0.25, 0.3) is 0 Å². The summed E-state index contributed by atoms with van der Waals surface area (Å²) in [5.74, 6) is 0.678. The normalized spacial score (nSPS) is 21.8. The summed E-state index contributed by atoms with van der Waals surface area (Å²) < 4.78 is 5.34. The van der Waals surface area contributed by atoms with Gasteiger partial charge < -0.3 is 10.1 Å². The first-order valence-corrected chi connectivity index (χ1v) is 5.30. The van der Waals surface area contributed by atoms with Crippen molar-refractivity contribution in [3.05, 3.63) is 0 Å². The highest BCUT2D eigenvalue weighted by Crippen LogP contribution is 2.14. The highest BCUT2D eigenvalue weighted by molar-refractivity contribution is 6.17. The Kier molecular flexibility index (Phi) is 5.16. The Hall–Kier alpha value is -0.280. The van der Waals surface area contributed by atoms with E-state index in [-0.39, 0.29) is 12.0 Å². The molecule has 0 bridgehead atoms. The first-order valence-electron chi connectivity index (χ1n) is 4.77. The van der Waals surface area contributed by atoms with Gasteiger partial charge in [0.15, 0.2) is 0 Å². The molecule has 0 aromatic heterocycles. The molecular weight excluding hydrogens is 190 g/mol. The molecule has 13 heavy (non-hydrogen) atoms. The van der Waals surface area contributed by atoms with E-state index in [1.807, 2.05) is 0 Å². The van der Waals surface area contributed by atoms with E-state index in [2.05, 4.69) is 5.32 Å². The minimum Gasteiger partial charge on any atom is -0.378 e. The molecule has 4 heteroatoms. The molecule has 1 unspecified atom stereocenters. The highest BCUT2D eigenvalue weighted by atomic mass is 35.5. The first-order chi connectivity index (χ1) is 6.33. The van der Waals surface area contributed by atoms with Crippen LogP contribution in [0.3, 0.4) is 0 Å². The van der Waals surface area contributed by atoms with Crippen molar-refractivity contribution < 1.29 is 9.53 Å². The second kappa shape index (κ2) is 6.22. The number of rotatable bonds is 5. The lowest BCUT2D eigenvalue weighted by molar-refractivity contribution is -0.123. The molecule has 1 heterocycles. The summed E-state index contributed by atoms with van der Waals surface area (Å²) in [5.41, 5.74) is 0. The molecule has 1 aliphatic heterocycles. The zero-order chi connectivity index (χ0) is 9.52. The summed E-state index contributed by atoms with van der Waals surface area (Å²) in [6, 6.07) is 0. The molecule has 0 spiro atoms. The predicted octanol–water partition coefficient (Wildman–Crippen LogP) is 1.30. The first kappa shape index (κ1) is 10.8. The molecule has 0 radical (unpaired) electrons. The van der Waals surface area contributed by atoms with Gasteiger partial charge in [-0.15, -0.1) is 11.6 Å². The quantitative estimate of drug-likeness (QED) is 0.543. The third-order valence-electron chi connectivity index (χ3n) is 2.07. The zero-order valence-corrected chi connectivity index (χ0v) is 8.48. The summed E-state index contributed by atoms with van der Waals surface area (Å²) in [6.45, 7) is 1.48. The molecule has 1 rings (SSSR count). The summed E-state index contributed by atoms with van der Waals surface area (Å²) in [7, 11) is 0. The fourth-order valence-electron chi connectivity index (χ4n) is 1.38. The number of alkyl halides is 1. The van der Waals surface area contributed by atoms with Gasteiger partial charge in [-0.1, -0.05) is 0 Å². The van der Waals surface area contributed by atoms with Gasteiger partial charge in [0.1, 0.15) is 0 Å². The maximum atomic E-state index is 11.2. The number of hydrogen-bond donors (Lipinski definition) is 1. The molecular formula is C9H16ClNO2. The van der Waals surface area contributed by atoms with Crippen LogP contribution >= 0.6 is 11.6 Å². The van der Waals surface area contributed by atoms with E-state index in [1.165, 1.54) is 0 Å². The summed E-state index contributed by atoms with van der Waals surface area (Å²) in [5, 5.41) is 2.81. The maximum absolute atomic E-state index is 11.2. The summed E-state index contributed by atoms with van der Waals surface area (Å²) in [4.78, 5) is 11.2. The average molecular weight is 206 g/mol. The van der Waals surface area contributed by atoms with Gasteiger partial charge in [-0.2, -0.15) is 0 Å². The van der Waals surface area contributed by atoms with Crippen molar-refractivity contribution in [2.75, 3.05) is 19.0 Å². The molecule has 1 amide bonds. The highest BCUT2D eigenvalue weighted by Gasteiger charge is 2.18. The Labute approximate surface area is 83.8 Å². The monoisotopic (exact) mass is 205 g/mol. The lowest BCUT2D eigenvalue weighted by Gasteiger charge is -2.08. The number of nitrogens with one attached hydrogen (secondary N) is 1. The lowest BCUT2D eigenvalue weighted by Crippen LogP contribution is -2.28. The van der Waals surface area contributed by atoms with E-state index in [4.69, 9.17) is 16.3 Å². The van der Waals surface area contributed by atoms with Crippen LogP contribution in [-0.4, -0.2) is 31.0 Å². The van der Waals surface area contributed by atoms with Crippen LogP contribution < -0.4 is 5.32 Å². The van der Waals surface area contributed by atoms with Crippen LogP contribution in [0.5, 0.6) is 0 Å². The maximum Gasteiger partial charge on any atom is 0.222 e. The zero-order valence-electron chi connectivity index (χ0n) is 7.72. The second-order valence-corrected chi connectivity index (χ2v) is 3.61. The number of hydrogen-bond acceptors (Lipinski definition) is 2. The van der Waals surface area contributed by atoms with Crippen molar-refractivity contribution in [3.8, 4) is 0 Å². The van der Waals surface area contributed by atoms with Crippen LogP contribution in [0.2, 0.25) is 0 Å². The molecule has 1 N–H and O–H groups in total. The van der Waals surface area contributed by atoms with Gasteiger partial charge >= 0.3 is 0 Å². The van der Waals surface area contributed by atoms with Crippen molar-refractivity contribution >= 4 is 17.5 Å². The number of halogens is 1. The smallest absolute Gasteiger partial charge is 0.222 e. The molecule has 0 saturated carbocycles. The van der Waals surface area contributed by atoms with Gasteiger partial charge in [-0.3, -0.25) is 4.79 Å². The lowest BCUT2D eigenvalue weighted by atomic mass is 10.2. The number of amides is 1. The fraction of sp³-hybridized carbons (Fsp3) is 0.889. The Morgan fingerprint density at radius 1 is 1.62 bits per heavy atom. The van der Waals surface area contributed by atoms with Gasteiger partial charge in [0.25, 0.3) is 0 Å². The van der Waals surface area contributed by atoms with Crippen molar-refractivity contribution in [1.29, 1.82) is 0 Å². The SMILES string of the molecule is O=C(CC1CCCO1)NCCCCl. The molecule has 1 fully saturated rings. The molecule has 3 nitrogen and oxygen atoms in total. The van der Waals surface area contributed by atoms with E-state index in [9.17, 15) is 4.79 Å². The second-order valence-electron chi connectivity index (χ2n) is 3.23. The van der Waals surface area contributed by atoms with Crippen LogP contribution in [0, 0.1) is 0 Å². The molecule has 1 saturated heterocycles. The number of carbonyl (C=O) groups excluding carboxylic acids is 1. The van der Waals surface area contributed by atoms with E-state index < -0.39 is 0 Å². The van der Waals surface area contributed by atoms with Gasteiger partial charge in [0.2, 0.25) is 5.91 Å². The van der Waals surface area contributed by atoms with Gasteiger partial charge in [-0.05, 0) is 19.3 Å². The third kappa shape index (κ3) is 4.48. The molecule has 0 aromatic carbocycles. The van der Waals surface area contributed by atoms with Crippen LogP contribution in [0.1, 0.15) is 25.7 Å². The fourth-order valence-corrected chi connectivity index (χ4v) is 1.51. The van der Waals surface area contributed by atoms with E-state index in [0.29, 0.717) is 18.8 Å². The van der Waals surface area contributed by atoms with Crippen LogP contribution in [-0.2, 0) is 9.53 Å². The van der Waals surface area contributed by atoms with Crippen molar-refractivity contribution in [3.63, 3.8) is 0 Å². The average Bonchev–Trinajstić information content (AvgIpc) is 2.57. The standard InChI is InChI=1S/C9H16ClNO2/c10-4-2-5-11-9(12)7-8-3-1-6-13-8/h8H,1-7H2,(H,11,12). The van der Waals surface area contributed by atoms with Gasteiger partial charge in [-0.25, -0.2) is 0 Å². The largest absolute Gasteiger partial charge is 0.378 e. The molecule has 1 atom stereocenters. The Morgan fingerprint density at radius 2 is 2.46 bits per heavy atom. The van der Waals surface area contributed by atoms with Crippen LogP contribution in [0.15, 0.2) is 0 Å². The molecule has 1 aliphatic rings. The van der Waals surface area contributed by atoms with E-state index in [1.54, 1.807) is 0 Å². The molecule has 0 aliphatic carbocycles. The number of ether oxygens (including phenoxy) is 1. The minimum atomic E-state index is 0.0806. The van der Waals surface area contributed by atoms with E-state index in [0.717, 1.165) is 25.9 Å². The Balaban J connectivity index is 2.02. The molecule has 76 valence electrons.